The van der Waals surface area contributed by atoms with Crippen molar-refractivity contribution in [2.75, 3.05) is 0 Å². The molecule has 0 aromatic carbocycles. The maximum absolute atomic E-state index is 8.95. The van der Waals surface area contributed by atoms with E-state index in [1.807, 2.05) is 12.3 Å². The van der Waals surface area contributed by atoms with E-state index in [0.29, 0.717) is 4.32 Å². The summed E-state index contributed by atoms with van der Waals surface area (Å²) in [5, 5.41) is 11.1. The monoisotopic (exact) mass is 148 g/mol. The standard InChI is InChI=1S/C4H5NOS2/c1-3-2-8-4(7)5(3)6/h2,6H,1H3/p+1. The lowest BCUT2D eigenvalue weighted by atomic mass is 10.6. The highest BCUT2D eigenvalue weighted by atomic mass is 32.2. The van der Waals surface area contributed by atoms with Crippen LogP contribution in [0.15, 0.2) is 11.1 Å². The van der Waals surface area contributed by atoms with Crippen molar-refractivity contribution in [3.05, 3.63) is 11.1 Å². The van der Waals surface area contributed by atoms with Crippen molar-refractivity contribution in [3.8, 4) is 0 Å². The van der Waals surface area contributed by atoms with Gasteiger partial charge in [-0.25, -0.2) is 5.21 Å². The molecule has 0 radical (unpaired) electrons. The lowest BCUT2D eigenvalue weighted by molar-refractivity contribution is -0.972. The Balaban J connectivity index is 2.72. The minimum atomic E-state index is 0.269. The average Bonchev–Trinajstić information content (AvgIpc) is 1.98. The van der Waals surface area contributed by atoms with Gasteiger partial charge in [-0.15, -0.1) is 5.06 Å². The molecule has 1 aliphatic heterocycles. The minimum absolute atomic E-state index is 0.269. The van der Waals surface area contributed by atoms with Gasteiger partial charge in [0, 0.05) is 12.3 Å². The first kappa shape index (κ1) is 6.22. The number of hydroxylamine groups is 2. The summed E-state index contributed by atoms with van der Waals surface area (Å²) in [6.07, 6.45) is 0. The third kappa shape index (κ3) is 0.925. The number of rotatable bonds is 0. The van der Waals surface area contributed by atoms with Crippen molar-refractivity contribution in [2.24, 2.45) is 0 Å². The van der Waals surface area contributed by atoms with Crippen LogP contribution in [0.25, 0.3) is 0 Å². The van der Waals surface area contributed by atoms with E-state index in [2.05, 4.69) is 0 Å². The summed E-state index contributed by atoms with van der Waals surface area (Å²) in [4.78, 5) is 0. The molecule has 8 heavy (non-hydrogen) atoms. The Kier molecular flexibility index (Phi) is 1.67. The minimum Gasteiger partial charge on any atom is -0.207 e. The lowest BCUT2D eigenvalue weighted by Gasteiger charge is -1.98. The first-order chi connectivity index (χ1) is 3.72. The number of hydrogen-bond acceptors (Lipinski definition) is 3. The Hall–Kier alpha value is 0.1000. The lowest BCUT2D eigenvalue weighted by Crippen LogP contribution is -3.07. The molecule has 0 saturated carbocycles. The molecule has 0 saturated heterocycles. The van der Waals surface area contributed by atoms with E-state index in [9.17, 15) is 0 Å². The van der Waals surface area contributed by atoms with E-state index in [-0.39, 0.29) is 5.06 Å². The van der Waals surface area contributed by atoms with E-state index in [1.54, 1.807) is 0 Å². The smallest absolute Gasteiger partial charge is 0.207 e. The molecule has 0 fully saturated rings. The zero-order chi connectivity index (χ0) is 6.15. The SMILES string of the molecule is CC1=CSC(=S)[NH+]1O. The molecule has 1 atom stereocenters. The van der Waals surface area contributed by atoms with Gasteiger partial charge in [-0.1, -0.05) is 0 Å². The van der Waals surface area contributed by atoms with Crippen LogP contribution < -0.4 is 5.06 Å². The first-order valence-electron chi connectivity index (χ1n) is 2.16. The molecule has 2 N–H and O–H groups in total. The van der Waals surface area contributed by atoms with Gasteiger partial charge in [-0.2, -0.15) is 0 Å². The van der Waals surface area contributed by atoms with E-state index < -0.39 is 0 Å². The topological polar surface area (TPSA) is 24.7 Å². The molecular weight excluding hydrogens is 142 g/mol. The van der Waals surface area contributed by atoms with Gasteiger partial charge in [0.25, 0.3) is 4.32 Å². The number of thioether (sulfide) groups is 1. The highest BCUT2D eigenvalue weighted by molar-refractivity contribution is 8.24. The predicted molar refractivity (Wildman–Crippen MR) is 36.7 cm³/mol. The molecule has 0 spiro atoms. The fraction of sp³-hybridized carbons (Fsp3) is 0.250. The molecule has 0 aliphatic carbocycles. The predicted octanol–water partition coefficient (Wildman–Crippen LogP) is 0.153. The normalized spacial score (nSPS) is 28.5. The van der Waals surface area contributed by atoms with Crippen molar-refractivity contribution in [1.29, 1.82) is 0 Å². The molecule has 4 heteroatoms. The van der Waals surface area contributed by atoms with Crippen molar-refractivity contribution in [1.82, 2.24) is 0 Å². The highest BCUT2D eigenvalue weighted by Crippen LogP contribution is 2.08. The molecule has 1 aliphatic rings. The second-order valence-corrected chi connectivity index (χ2v) is 3.10. The van der Waals surface area contributed by atoms with Crippen molar-refractivity contribution >= 4 is 28.3 Å². The van der Waals surface area contributed by atoms with Gasteiger partial charge in [0.15, 0.2) is 0 Å². The number of nitrogens with one attached hydrogen (secondary N) is 1. The first-order valence-corrected chi connectivity index (χ1v) is 3.44. The summed E-state index contributed by atoms with van der Waals surface area (Å²) in [5.41, 5.74) is 0.875. The van der Waals surface area contributed by atoms with Crippen LogP contribution in [0.5, 0.6) is 0 Å². The fourth-order valence-corrected chi connectivity index (χ4v) is 1.39. The number of thiocarbonyl (C=S) groups is 1. The van der Waals surface area contributed by atoms with Gasteiger partial charge >= 0.3 is 0 Å². The zero-order valence-electron chi connectivity index (χ0n) is 4.34. The van der Waals surface area contributed by atoms with Gasteiger partial charge < -0.3 is 0 Å². The fourth-order valence-electron chi connectivity index (χ4n) is 0.415. The molecule has 1 heterocycles. The summed E-state index contributed by atoms with van der Waals surface area (Å²) >= 11 is 6.14. The summed E-state index contributed by atoms with van der Waals surface area (Å²) < 4.78 is 0.586. The van der Waals surface area contributed by atoms with Crippen LogP contribution in [-0.2, 0) is 0 Å². The Labute approximate surface area is 57.1 Å². The summed E-state index contributed by atoms with van der Waals surface area (Å²) in [6, 6.07) is 0. The van der Waals surface area contributed by atoms with E-state index in [1.165, 1.54) is 11.8 Å². The van der Waals surface area contributed by atoms with Crippen LogP contribution in [0, 0.1) is 0 Å². The molecule has 1 unspecified atom stereocenters. The molecular formula is C4H6NOS2+. The van der Waals surface area contributed by atoms with Gasteiger partial charge in [0.1, 0.15) is 5.70 Å². The summed E-state index contributed by atoms with van der Waals surface area (Å²) in [5.74, 6) is 0. The van der Waals surface area contributed by atoms with Crippen LogP contribution in [0.4, 0.5) is 0 Å². The van der Waals surface area contributed by atoms with Crippen molar-refractivity contribution < 1.29 is 10.3 Å². The Bertz CT molecular complexity index is 154. The Morgan fingerprint density at radius 2 is 2.50 bits per heavy atom. The van der Waals surface area contributed by atoms with Crippen LogP contribution in [0.2, 0.25) is 0 Å². The number of quaternary nitrogens is 1. The third-order valence-electron chi connectivity index (χ3n) is 0.910. The number of hydrogen-bond donors (Lipinski definition) is 2. The summed E-state index contributed by atoms with van der Waals surface area (Å²) in [7, 11) is 0. The van der Waals surface area contributed by atoms with E-state index >= 15 is 0 Å². The quantitative estimate of drug-likeness (QED) is 0.478. The van der Waals surface area contributed by atoms with E-state index in [0.717, 1.165) is 5.70 Å². The maximum Gasteiger partial charge on any atom is 0.273 e. The maximum atomic E-state index is 8.95. The number of allylic oxidation sites excluding steroid dienone is 1. The highest BCUT2D eigenvalue weighted by Gasteiger charge is 2.22. The van der Waals surface area contributed by atoms with E-state index in [4.69, 9.17) is 17.4 Å². The zero-order valence-corrected chi connectivity index (χ0v) is 5.97. The van der Waals surface area contributed by atoms with Gasteiger partial charge in [-0.3, -0.25) is 0 Å². The second kappa shape index (κ2) is 2.14. The average molecular weight is 148 g/mol. The van der Waals surface area contributed by atoms with Crippen LogP contribution in [0.3, 0.4) is 0 Å². The molecule has 0 aromatic heterocycles. The molecule has 0 aromatic rings. The largest absolute Gasteiger partial charge is 0.273 e. The van der Waals surface area contributed by atoms with Crippen molar-refractivity contribution in [2.45, 2.75) is 6.92 Å². The van der Waals surface area contributed by atoms with Gasteiger partial charge in [0.05, 0.1) is 0 Å². The Morgan fingerprint density at radius 1 is 1.88 bits per heavy atom. The van der Waals surface area contributed by atoms with Gasteiger partial charge in [0.2, 0.25) is 0 Å². The molecule has 2 nitrogen and oxygen atoms in total. The van der Waals surface area contributed by atoms with Crippen LogP contribution >= 0.6 is 24.0 Å². The van der Waals surface area contributed by atoms with Crippen LogP contribution in [-0.4, -0.2) is 9.53 Å². The third-order valence-corrected chi connectivity index (χ3v) is 2.27. The molecule has 44 valence electrons. The van der Waals surface area contributed by atoms with Crippen molar-refractivity contribution in [3.63, 3.8) is 0 Å². The van der Waals surface area contributed by atoms with Crippen LogP contribution in [0.1, 0.15) is 6.92 Å². The Morgan fingerprint density at radius 3 is 2.62 bits per heavy atom. The molecule has 0 amide bonds. The molecule has 1 rings (SSSR count). The summed E-state index contributed by atoms with van der Waals surface area (Å²) in [6.45, 7) is 1.83. The second-order valence-electron chi connectivity index (χ2n) is 1.55. The molecule has 0 bridgehead atoms. The van der Waals surface area contributed by atoms with Gasteiger partial charge in [-0.05, 0) is 24.0 Å².